The quantitative estimate of drug-likeness (QED) is 0.121. The Morgan fingerprint density at radius 3 is 2.17 bits per heavy atom. The van der Waals surface area contributed by atoms with Gasteiger partial charge in [0.05, 0.1) is 11.8 Å². The number of rotatable bonds is 11. The summed E-state index contributed by atoms with van der Waals surface area (Å²) in [7, 11) is 0. The van der Waals surface area contributed by atoms with Crippen molar-refractivity contribution < 1.29 is 29.0 Å². The molecule has 4 N–H and O–H groups in total. The number of allylic oxidation sites excluding steroid dienone is 2. The highest BCUT2D eigenvalue weighted by atomic mass is 16.5. The van der Waals surface area contributed by atoms with Crippen molar-refractivity contribution in [2.24, 2.45) is 73.9 Å². The average molecular weight is 806 g/mol. The average Bonchev–Trinajstić information content (AvgIpc) is 3.43. The molecule has 0 spiro atoms. The molecule has 10 atom stereocenters. The van der Waals surface area contributed by atoms with E-state index in [1.165, 1.54) is 12.0 Å². The summed E-state index contributed by atoms with van der Waals surface area (Å²) < 4.78 is 6.44. The molecule has 9 nitrogen and oxygen atoms in total. The van der Waals surface area contributed by atoms with Crippen LogP contribution in [0.2, 0.25) is 0 Å². The largest absolute Gasteiger partial charge is 0.481 e. The van der Waals surface area contributed by atoms with Gasteiger partial charge in [0.15, 0.2) is 5.78 Å². The number of carbonyl (C=O) groups excluding carboxylic acids is 3. The third-order valence-corrected chi connectivity index (χ3v) is 19.1. The molecule has 9 heteroatoms. The fraction of sp³-hybridized carbons (Fsp3) is 0.878. The number of carboxylic acids is 1. The van der Waals surface area contributed by atoms with Crippen molar-refractivity contribution >= 4 is 23.6 Å². The fourth-order valence-corrected chi connectivity index (χ4v) is 15.5. The van der Waals surface area contributed by atoms with Gasteiger partial charge in [0.1, 0.15) is 6.10 Å². The van der Waals surface area contributed by atoms with Crippen LogP contribution in [0.4, 0.5) is 0 Å². The number of esters is 1. The van der Waals surface area contributed by atoms with E-state index in [4.69, 9.17) is 4.74 Å². The summed E-state index contributed by atoms with van der Waals surface area (Å²) in [5, 5.41) is 20.1. The summed E-state index contributed by atoms with van der Waals surface area (Å²) in [6.45, 7) is 28.3. The fourth-order valence-electron chi connectivity index (χ4n) is 15.5. The number of ether oxygens (including phenoxy) is 1. The van der Waals surface area contributed by atoms with Crippen molar-refractivity contribution in [2.45, 2.75) is 171 Å². The summed E-state index contributed by atoms with van der Waals surface area (Å²) in [5.74, 6) is 0.326. The van der Waals surface area contributed by atoms with Crippen LogP contribution in [-0.2, 0) is 23.9 Å². The minimum Gasteiger partial charge on any atom is -0.481 e. The first kappa shape index (κ1) is 43.8. The van der Waals surface area contributed by atoms with Gasteiger partial charge in [-0.05, 0) is 161 Å². The first-order valence-electron chi connectivity index (χ1n) is 23.4. The molecule has 6 aliphatic carbocycles. The molecule has 0 aromatic carbocycles. The van der Waals surface area contributed by atoms with Crippen LogP contribution in [-0.4, -0.2) is 66.6 Å². The van der Waals surface area contributed by atoms with Crippen molar-refractivity contribution in [2.75, 3.05) is 26.2 Å². The van der Waals surface area contributed by atoms with Gasteiger partial charge in [0, 0.05) is 35.3 Å². The predicted molar refractivity (Wildman–Crippen MR) is 228 cm³/mol. The lowest BCUT2D eigenvalue weighted by molar-refractivity contribution is -0.236. The standard InChI is InChI=1S/C49H79N3O6/c1-29(2)38-34(53)27-49(22-25-51-28-43(3,4)52-40(54)30-16-23-50-24-17-30)21-20-47(10)31(39(38)49)12-13-36-46(9)18-15-37(45(7,8)35(46)14-19-48(36,47)11)58-42(57)33-26-32(41(55)56)44(33,5)6/h29-33,35-37,50-51H,12-28H2,1-11H3,(H,52,54)(H,55,56)/t31-,32+,33-,35+,36-,37+,46+,47-,48-,49-/m1/s1. The molecule has 0 bridgehead atoms. The zero-order valence-electron chi connectivity index (χ0n) is 38.1. The van der Waals surface area contributed by atoms with Crippen molar-refractivity contribution in [1.29, 1.82) is 0 Å². The molecule has 0 aromatic heterocycles. The molecule has 6 fully saturated rings. The van der Waals surface area contributed by atoms with Crippen LogP contribution in [0.25, 0.3) is 0 Å². The third-order valence-electron chi connectivity index (χ3n) is 19.1. The lowest BCUT2D eigenvalue weighted by Gasteiger charge is -2.72. The van der Waals surface area contributed by atoms with Crippen molar-refractivity contribution in [3.63, 3.8) is 0 Å². The van der Waals surface area contributed by atoms with E-state index >= 15 is 0 Å². The number of carbonyl (C=O) groups is 4. The SMILES string of the molecule is CC(C)C1=C2[C@H]3CC[C@@H]4[C@@]5(C)CC[C@H](OC(=O)[C@H]6C[C@@H](C(=O)O)C6(C)C)C(C)(C)[C@@H]5CC[C@@]4(C)[C@]3(C)CC[C@@]2(CCNCC(C)(C)NC(=O)C2CCNCC2)CC1=O. The molecular formula is C49H79N3O6. The lowest BCUT2D eigenvalue weighted by Crippen LogP contribution is -2.66. The van der Waals surface area contributed by atoms with Crippen LogP contribution in [0.5, 0.6) is 0 Å². The maximum Gasteiger partial charge on any atom is 0.309 e. The number of ketones is 1. The van der Waals surface area contributed by atoms with Crippen LogP contribution in [0.15, 0.2) is 11.1 Å². The number of hydrogen-bond acceptors (Lipinski definition) is 7. The Morgan fingerprint density at radius 1 is 0.845 bits per heavy atom. The van der Waals surface area contributed by atoms with Gasteiger partial charge < -0.3 is 25.8 Å². The second-order valence-electron chi connectivity index (χ2n) is 23.6. The smallest absolute Gasteiger partial charge is 0.309 e. The Hall–Kier alpha value is -2.26. The topological polar surface area (TPSA) is 134 Å². The van der Waals surface area contributed by atoms with Gasteiger partial charge in [-0.1, -0.05) is 67.9 Å². The molecule has 0 radical (unpaired) electrons. The van der Waals surface area contributed by atoms with E-state index in [1.54, 1.807) is 0 Å². The molecule has 1 heterocycles. The number of piperidine rings is 1. The van der Waals surface area contributed by atoms with Crippen LogP contribution in [0, 0.1) is 73.9 Å². The first-order valence-corrected chi connectivity index (χ1v) is 23.4. The number of hydrogen-bond donors (Lipinski definition) is 4. The van der Waals surface area contributed by atoms with E-state index in [9.17, 15) is 24.3 Å². The number of carboxylic acid groups (broad SMARTS) is 1. The molecule has 0 unspecified atom stereocenters. The number of nitrogens with one attached hydrogen (secondary N) is 3. The van der Waals surface area contributed by atoms with Gasteiger partial charge in [0.25, 0.3) is 0 Å². The maximum absolute atomic E-state index is 14.2. The summed E-state index contributed by atoms with van der Waals surface area (Å²) >= 11 is 0. The van der Waals surface area contributed by atoms with Crippen LogP contribution >= 0.6 is 0 Å². The van der Waals surface area contributed by atoms with E-state index in [1.807, 2.05) is 13.8 Å². The molecule has 1 saturated heterocycles. The van der Waals surface area contributed by atoms with Gasteiger partial charge in [0.2, 0.25) is 5.91 Å². The minimum absolute atomic E-state index is 0.0877. The Bertz CT molecular complexity index is 1690. The number of amides is 1. The second kappa shape index (κ2) is 15.0. The van der Waals surface area contributed by atoms with Crippen molar-refractivity contribution in [3.05, 3.63) is 11.1 Å². The summed E-state index contributed by atoms with van der Waals surface area (Å²) in [5.41, 5.74) is 1.77. The van der Waals surface area contributed by atoms with Crippen molar-refractivity contribution in [1.82, 2.24) is 16.0 Å². The van der Waals surface area contributed by atoms with E-state index in [-0.39, 0.29) is 68.3 Å². The zero-order chi connectivity index (χ0) is 42.4. The lowest BCUT2D eigenvalue weighted by atomic mass is 9.33. The molecular weight excluding hydrogens is 727 g/mol. The molecule has 58 heavy (non-hydrogen) atoms. The summed E-state index contributed by atoms with van der Waals surface area (Å²) in [6.07, 6.45) is 12.2. The minimum atomic E-state index is -0.820. The highest BCUT2D eigenvalue weighted by Crippen LogP contribution is 2.77. The zero-order valence-corrected chi connectivity index (χ0v) is 38.1. The van der Waals surface area contributed by atoms with Crippen molar-refractivity contribution in [3.8, 4) is 0 Å². The van der Waals surface area contributed by atoms with E-state index in [0.29, 0.717) is 42.9 Å². The highest BCUT2D eigenvalue weighted by molar-refractivity contribution is 6.00. The Labute approximate surface area is 350 Å². The van der Waals surface area contributed by atoms with Crippen LogP contribution in [0.3, 0.4) is 0 Å². The normalized spacial score (nSPS) is 40.8. The Kier molecular flexibility index (Phi) is 11.3. The van der Waals surface area contributed by atoms with E-state index < -0.39 is 17.3 Å². The van der Waals surface area contributed by atoms with Crippen LogP contribution < -0.4 is 16.0 Å². The Balaban J connectivity index is 1.06. The summed E-state index contributed by atoms with van der Waals surface area (Å²) in [6, 6.07) is 0. The van der Waals surface area contributed by atoms with Gasteiger partial charge in [-0.3, -0.25) is 19.2 Å². The third kappa shape index (κ3) is 6.85. The molecule has 0 aromatic rings. The van der Waals surface area contributed by atoms with Gasteiger partial charge in [-0.25, -0.2) is 0 Å². The summed E-state index contributed by atoms with van der Waals surface area (Å²) in [4.78, 5) is 52.7. The van der Waals surface area contributed by atoms with E-state index in [2.05, 4.69) is 78.3 Å². The molecule has 7 rings (SSSR count). The number of Topliss-reactive ketones (excluding diaryl/α,β-unsaturated/α-hetero) is 1. The van der Waals surface area contributed by atoms with Gasteiger partial charge in [-0.2, -0.15) is 0 Å². The molecule has 7 aliphatic rings. The first-order chi connectivity index (χ1) is 27.0. The molecule has 1 aliphatic heterocycles. The number of aliphatic carboxylic acids is 1. The monoisotopic (exact) mass is 806 g/mol. The second-order valence-corrected chi connectivity index (χ2v) is 23.6. The van der Waals surface area contributed by atoms with Gasteiger partial charge >= 0.3 is 11.9 Å². The molecule has 5 saturated carbocycles. The number of fused-ring (bicyclic) bond motifs is 7. The maximum atomic E-state index is 14.2. The Morgan fingerprint density at radius 2 is 1.53 bits per heavy atom. The predicted octanol–water partition coefficient (Wildman–Crippen LogP) is 8.50. The van der Waals surface area contributed by atoms with Gasteiger partial charge in [-0.15, -0.1) is 0 Å². The highest BCUT2D eigenvalue weighted by Gasteiger charge is 2.70. The molecule has 1 amide bonds. The van der Waals surface area contributed by atoms with Crippen LogP contribution in [0.1, 0.15) is 160 Å². The van der Waals surface area contributed by atoms with E-state index in [0.717, 1.165) is 89.4 Å². The molecule has 326 valence electrons.